The summed E-state index contributed by atoms with van der Waals surface area (Å²) in [5.41, 5.74) is 2.56. The minimum absolute atomic E-state index is 0.352. The van der Waals surface area contributed by atoms with Crippen LogP contribution in [0.1, 0.15) is 0 Å². The maximum Gasteiger partial charge on any atom is 0.138 e. The van der Waals surface area contributed by atoms with Crippen LogP contribution in [0.15, 0.2) is 22.2 Å². The number of rotatable bonds is 3. The van der Waals surface area contributed by atoms with E-state index in [2.05, 4.69) is 34.7 Å². The van der Waals surface area contributed by atoms with Gasteiger partial charge in [-0.15, -0.1) is 5.73 Å². The Morgan fingerprint density at radius 1 is 1.80 bits per heavy atom. The molecule has 2 nitrogen and oxygen atoms in total. The molecule has 4 heteroatoms. The van der Waals surface area contributed by atoms with Gasteiger partial charge in [-0.25, -0.2) is 4.99 Å². The Morgan fingerprint density at radius 2 is 2.50 bits per heavy atom. The van der Waals surface area contributed by atoms with Crippen LogP contribution in [0, 0.1) is 10.7 Å². The number of thioether (sulfide) groups is 1. The van der Waals surface area contributed by atoms with Crippen LogP contribution in [-0.2, 0) is 0 Å². The van der Waals surface area contributed by atoms with Gasteiger partial charge in [0.25, 0.3) is 0 Å². The molecule has 10 heavy (non-hydrogen) atoms. The first-order valence-corrected chi connectivity index (χ1v) is 3.56. The van der Waals surface area contributed by atoms with E-state index in [1.165, 1.54) is 0 Å². The van der Waals surface area contributed by atoms with Crippen LogP contribution in [0.5, 0.6) is 0 Å². The van der Waals surface area contributed by atoms with Crippen molar-refractivity contribution in [1.29, 1.82) is 5.26 Å². The number of thiocyanates is 1. The Hall–Kier alpha value is -0.840. The zero-order valence-electron chi connectivity index (χ0n) is 5.13. The normalized spacial score (nSPS) is 6.70. The molecule has 0 aromatic rings. The zero-order chi connectivity index (χ0) is 7.82. The molecule has 0 saturated carbocycles. The van der Waals surface area contributed by atoms with Gasteiger partial charge in [-0.2, -0.15) is 5.26 Å². The monoisotopic (exact) mass is 168 g/mol. The molecule has 50 valence electrons. The van der Waals surface area contributed by atoms with E-state index in [9.17, 15) is 0 Å². The third-order valence-corrected chi connectivity index (χ3v) is 1.39. The first-order chi connectivity index (χ1) is 4.85. The van der Waals surface area contributed by atoms with Gasteiger partial charge in [-0.3, -0.25) is 0 Å². The Morgan fingerprint density at radius 3 is 2.90 bits per heavy atom. The molecule has 0 aliphatic heterocycles. The number of hydrogen-bond donors (Lipinski definition) is 0. The van der Waals surface area contributed by atoms with Gasteiger partial charge in [-0.1, -0.05) is 6.58 Å². The fraction of sp³-hybridized carbons (Fsp3) is 0.167. The van der Waals surface area contributed by atoms with Crippen molar-refractivity contribution in [2.75, 3.05) is 6.54 Å². The second-order valence-corrected chi connectivity index (χ2v) is 2.26. The van der Waals surface area contributed by atoms with Crippen molar-refractivity contribution in [3.8, 4) is 5.40 Å². The Kier molecular flexibility index (Phi) is 5.75. The summed E-state index contributed by atoms with van der Waals surface area (Å²) in [6.45, 7) is 3.73. The minimum Gasteiger partial charge on any atom is -0.226 e. The number of nitriles is 1. The van der Waals surface area contributed by atoms with E-state index >= 15 is 0 Å². The summed E-state index contributed by atoms with van der Waals surface area (Å²) in [7, 11) is 0. The predicted molar refractivity (Wildman–Crippen MR) is 45.8 cm³/mol. The van der Waals surface area contributed by atoms with Crippen molar-refractivity contribution in [3.63, 3.8) is 0 Å². The van der Waals surface area contributed by atoms with Gasteiger partial charge in [0.15, 0.2) is 0 Å². The van der Waals surface area contributed by atoms with Crippen molar-refractivity contribution in [1.82, 2.24) is 0 Å². The third kappa shape index (κ3) is 4.08. The lowest BCUT2D eigenvalue weighted by molar-refractivity contribution is 1.25. The lowest BCUT2D eigenvalue weighted by atomic mass is 10.6. The van der Waals surface area contributed by atoms with E-state index in [0.29, 0.717) is 11.4 Å². The Labute approximate surface area is 69.0 Å². The van der Waals surface area contributed by atoms with Gasteiger partial charge < -0.3 is 0 Å². The molecule has 0 unspecified atom stereocenters. The van der Waals surface area contributed by atoms with E-state index in [0.717, 1.165) is 11.8 Å². The molecule has 0 bridgehead atoms. The average molecular weight is 168 g/mol. The quantitative estimate of drug-likeness (QED) is 0.280. The summed E-state index contributed by atoms with van der Waals surface area (Å²) in [5, 5.41) is 12.3. The molecule has 0 saturated heterocycles. The summed E-state index contributed by atoms with van der Waals surface area (Å²) < 4.78 is 0. The molecule has 0 N–H and O–H groups in total. The molecule has 0 atom stereocenters. The Balaban J connectivity index is 4.01. The second-order valence-electron chi connectivity index (χ2n) is 1.20. The smallest absolute Gasteiger partial charge is 0.138 e. The molecule has 0 rings (SSSR count). The molecular formula is C6H4N2S2. The van der Waals surface area contributed by atoms with Crippen molar-refractivity contribution >= 4 is 29.1 Å². The van der Waals surface area contributed by atoms with Crippen molar-refractivity contribution in [2.24, 2.45) is 4.99 Å². The van der Waals surface area contributed by atoms with Gasteiger partial charge in [0.2, 0.25) is 0 Å². The summed E-state index contributed by atoms with van der Waals surface area (Å²) in [6, 6.07) is 0. The number of thiocarbonyl (C=S) groups is 1. The summed E-state index contributed by atoms with van der Waals surface area (Å²) in [5.74, 6) is 0. The van der Waals surface area contributed by atoms with Crippen LogP contribution in [-0.4, -0.2) is 11.7 Å². The van der Waals surface area contributed by atoms with E-state index in [1.54, 1.807) is 0 Å². The van der Waals surface area contributed by atoms with E-state index < -0.39 is 0 Å². The van der Waals surface area contributed by atoms with Gasteiger partial charge in [-0.05, 0) is 24.0 Å². The van der Waals surface area contributed by atoms with E-state index in [1.807, 2.05) is 5.40 Å². The number of hydrogen-bond acceptors (Lipinski definition) is 4. The summed E-state index contributed by atoms with van der Waals surface area (Å²) >= 11 is 5.32. The van der Waals surface area contributed by atoms with Crippen LogP contribution in [0.25, 0.3) is 0 Å². The highest BCUT2D eigenvalue weighted by atomic mass is 32.2. The second kappa shape index (κ2) is 6.28. The minimum atomic E-state index is 0.352. The highest BCUT2D eigenvalue weighted by Gasteiger charge is 1.91. The number of aliphatic imine (C=N–C) groups is 1. The van der Waals surface area contributed by atoms with Gasteiger partial charge in [0.05, 0.1) is 16.6 Å². The maximum atomic E-state index is 8.20. The molecule has 0 spiro atoms. The van der Waals surface area contributed by atoms with Gasteiger partial charge >= 0.3 is 0 Å². The zero-order valence-corrected chi connectivity index (χ0v) is 6.76. The predicted octanol–water partition coefficient (Wildman–Crippen LogP) is 1.97. The Bertz CT molecular complexity index is 239. The molecule has 0 aliphatic rings. The largest absolute Gasteiger partial charge is 0.226 e. The third-order valence-electron chi connectivity index (χ3n) is 0.653. The fourth-order valence-electron chi connectivity index (χ4n) is 0.283. The van der Waals surface area contributed by atoms with E-state index in [4.69, 9.17) is 5.26 Å². The van der Waals surface area contributed by atoms with Gasteiger partial charge in [0, 0.05) is 0 Å². The summed E-state index contributed by atoms with van der Waals surface area (Å²) in [6.07, 6.45) is 0. The van der Waals surface area contributed by atoms with Crippen LogP contribution in [0.4, 0.5) is 0 Å². The van der Waals surface area contributed by atoms with Crippen LogP contribution in [0.3, 0.4) is 0 Å². The molecule has 0 aromatic heterocycles. The SMILES string of the molecule is C=C=C(CN=C=S)SC#N. The molecule has 0 amide bonds. The maximum absolute atomic E-state index is 8.20. The van der Waals surface area contributed by atoms with Crippen LogP contribution >= 0.6 is 24.0 Å². The van der Waals surface area contributed by atoms with Crippen molar-refractivity contribution in [2.45, 2.75) is 0 Å². The molecule has 0 aliphatic carbocycles. The molecule has 0 fully saturated rings. The standard InChI is InChI=1S/C6H4N2S2/c1-2-6(10-4-7)3-8-5-9/h1,3H2. The average Bonchev–Trinajstić information content (AvgIpc) is 1.98. The van der Waals surface area contributed by atoms with E-state index in [-0.39, 0.29) is 0 Å². The summed E-state index contributed by atoms with van der Waals surface area (Å²) in [4.78, 5) is 4.28. The van der Waals surface area contributed by atoms with Crippen molar-refractivity contribution in [3.05, 3.63) is 17.2 Å². The lowest BCUT2D eigenvalue weighted by Gasteiger charge is -1.87. The lowest BCUT2D eigenvalue weighted by Crippen LogP contribution is -1.77. The first-order valence-electron chi connectivity index (χ1n) is 2.33. The van der Waals surface area contributed by atoms with Gasteiger partial charge in [0.1, 0.15) is 5.40 Å². The number of nitrogens with zero attached hydrogens (tertiary/aromatic N) is 2. The fourth-order valence-corrected chi connectivity index (χ4v) is 0.659. The topological polar surface area (TPSA) is 36.1 Å². The molecular weight excluding hydrogens is 164 g/mol. The van der Waals surface area contributed by atoms with Crippen LogP contribution in [0.2, 0.25) is 0 Å². The molecule has 0 heterocycles. The molecule has 0 radical (unpaired) electrons. The molecule has 0 aromatic carbocycles. The first kappa shape index (κ1) is 9.16. The van der Waals surface area contributed by atoms with Crippen molar-refractivity contribution < 1.29 is 0 Å². The highest BCUT2D eigenvalue weighted by molar-refractivity contribution is 8.07. The number of isothiocyanates is 1. The highest BCUT2D eigenvalue weighted by Crippen LogP contribution is 2.11. The van der Waals surface area contributed by atoms with Crippen LogP contribution < -0.4 is 0 Å².